The van der Waals surface area contributed by atoms with Crippen LogP contribution in [0.25, 0.3) is 0 Å². The summed E-state index contributed by atoms with van der Waals surface area (Å²) in [5, 5.41) is 3.07. The number of hydrogen-bond donors (Lipinski definition) is 0. The van der Waals surface area contributed by atoms with Crippen LogP contribution in [-0.4, -0.2) is 25.8 Å². The fourth-order valence-corrected chi connectivity index (χ4v) is 17.0. The van der Waals surface area contributed by atoms with Crippen molar-refractivity contribution in [2.45, 2.75) is 5.82 Å². The molecule has 82 valence electrons. The van der Waals surface area contributed by atoms with Gasteiger partial charge in [0.05, 0.1) is 0 Å². The summed E-state index contributed by atoms with van der Waals surface area (Å²) < 4.78 is 0. The standard InChI is InChI=1S/C13H13PSe2/c1-15-16-14(12-8-4-2-5-9-12)13-10-6-3-7-11-13/h2-11H,1H3. The summed E-state index contributed by atoms with van der Waals surface area (Å²) in [6.07, 6.45) is 0. The molecule has 0 saturated heterocycles. The molecule has 2 aromatic carbocycles. The van der Waals surface area contributed by atoms with Gasteiger partial charge in [-0.3, -0.25) is 0 Å². The maximum absolute atomic E-state index is 2.36. The van der Waals surface area contributed by atoms with E-state index in [9.17, 15) is 0 Å². The summed E-state index contributed by atoms with van der Waals surface area (Å²) in [6, 6.07) is 22.0. The second-order valence-electron chi connectivity index (χ2n) is 3.21. The zero-order chi connectivity index (χ0) is 11.2. The zero-order valence-corrected chi connectivity index (χ0v) is 13.4. The first-order valence-corrected chi connectivity index (χ1v) is 14.6. The second-order valence-corrected chi connectivity index (χ2v) is 17.4. The molecular weight excluding hydrogens is 345 g/mol. The molecule has 3 heteroatoms. The Morgan fingerprint density at radius 2 is 1.19 bits per heavy atom. The first kappa shape index (κ1) is 12.4. The van der Waals surface area contributed by atoms with Gasteiger partial charge in [0, 0.05) is 0 Å². The molecule has 0 spiro atoms. The molecule has 0 amide bonds. The van der Waals surface area contributed by atoms with Crippen molar-refractivity contribution in [1.82, 2.24) is 0 Å². The molecule has 2 rings (SSSR count). The van der Waals surface area contributed by atoms with Gasteiger partial charge in [-0.1, -0.05) is 0 Å². The summed E-state index contributed by atoms with van der Waals surface area (Å²) in [4.78, 5) is 0. The minimum absolute atomic E-state index is 0.0607. The Labute approximate surface area is 109 Å². The molecular formula is C13H13PSe2. The molecule has 0 heterocycles. The molecule has 0 aliphatic heterocycles. The van der Waals surface area contributed by atoms with Crippen LogP contribution in [0.1, 0.15) is 0 Å². The summed E-state index contributed by atoms with van der Waals surface area (Å²) in [7, 11) is 0. The van der Waals surface area contributed by atoms with Crippen molar-refractivity contribution in [3.63, 3.8) is 0 Å². The van der Waals surface area contributed by atoms with E-state index >= 15 is 0 Å². The molecule has 0 aliphatic rings. The first-order valence-electron chi connectivity index (χ1n) is 5.03. The van der Waals surface area contributed by atoms with Gasteiger partial charge in [-0.15, -0.1) is 0 Å². The number of rotatable bonds is 4. The molecule has 0 bridgehead atoms. The van der Waals surface area contributed by atoms with Crippen molar-refractivity contribution in [3.8, 4) is 0 Å². The summed E-state index contributed by atoms with van der Waals surface area (Å²) >= 11 is 1.56. The van der Waals surface area contributed by atoms with Gasteiger partial charge in [0.15, 0.2) is 0 Å². The van der Waals surface area contributed by atoms with Crippen LogP contribution in [0.15, 0.2) is 60.7 Å². The molecule has 0 unspecified atom stereocenters. The summed E-state index contributed by atoms with van der Waals surface area (Å²) in [6.45, 7) is -0.0607. The van der Waals surface area contributed by atoms with E-state index in [-0.39, 0.29) is 6.61 Å². The van der Waals surface area contributed by atoms with E-state index in [0.29, 0.717) is 0 Å². The molecule has 0 aliphatic carbocycles. The Morgan fingerprint density at radius 3 is 1.56 bits per heavy atom. The van der Waals surface area contributed by atoms with Crippen molar-refractivity contribution >= 4 is 43.0 Å². The topological polar surface area (TPSA) is 0 Å². The Morgan fingerprint density at radius 1 is 0.750 bits per heavy atom. The van der Waals surface area contributed by atoms with Crippen LogP contribution in [0.5, 0.6) is 0 Å². The van der Waals surface area contributed by atoms with Crippen LogP contribution in [0.4, 0.5) is 0 Å². The summed E-state index contributed by atoms with van der Waals surface area (Å²) in [5.41, 5.74) is 0. The van der Waals surface area contributed by atoms with Crippen molar-refractivity contribution in [1.29, 1.82) is 0 Å². The Hall–Kier alpha value is -0.0910. The van der Waals surface area contributed by atoms with Crippen LogP contribution in [0.2, 0.25) is 5.82 Å². The average molecular weight is 358 g/mol. The maximum atomic E-state index is 2.36. The molecule has 0 radical (unpaired) electrons. The predicted molar refractivity (Wildman–Crippen MR) is 76.4 cm³/mol. The second kappa shape index (κ2) is 6.60. The molecule has 0 fully saturated rings. The first-order chi connectivity index (χ1) is 7.92. The molecule has 0 aromatic heterocycles. The monoisotopic (exact) mass is 360 g/mol. The molecule has 16 heavy (non-hydrogen) atoms. The van der Waals surface area contributed by atoms with Crippen LogP contribution in [0, 0.1) is 0 Å². The number of benzene rings is 2. The Balaban J connectivity index is 2.31. The van der Waals surface area contributed by atoms with E-state index in [0.717, 1.165) is 25.8 Å². The molecule has 0 nitrogen and oxygen atoms in total. The van der Waals surface area contributed by atoms with E-state index in [1.807, 2.05) is 0 Å². The third-order valence-corrected chi connectivity index (χ3v) is 18.2. The number of hydrogen-bond acceptors (Lipinski definition) is 0. The van der Waals surface area contributed by atoms with Gasteiger partial charge in [-0.25, -0.2) is 0 Å². The third-order valence-electron chi connectivity index (χ3n) is 2.13. The summed E-state index contributed by atoms with van der Waals surface area (Å²) in [5.74, 6) is 2.36. The van der Waals surface area contributed by atoms with Crippen LogP contribution in [0.3, 0.4) is 0 Å². The Bertz CT molecular complexity index is 377. The van der Waals surface area contributed by atoms with E-state index < -0.39 is 0 Å². The molecule has 2 aromatic rings. The van der Waals surface area contributed by atoms with Crippen LogP contribution >= 0.6 is 6.61 Å². The predicted octanol–water partition coefficient (Wildman–Crippen LogP) is 2.41. The molecule has 0 atom stereocenters. The Kier molecular flexibility index (Phi) is 5.10. The van der Waals surface area contributed by atoms with E-state index in [1.54, 1.807) is 0 Å². The van der Waals surface area contributed by atoms with Crippen LogP contribution < -0.4 is 10.6 Å². The van der Waals surface area contributed by atoms with E-state index in [2.05, 4.69) is 66.5 Å². The van der Waals surface area contributed by atoms with Crippen molar-refractivity contribution in [2.24, 2.45) is 0 Å². The van der Waals surface area contributed by atoms with E-state index in [4.69, 9.17) is 0 Å². The van der Waals surface area contributed by atoms with Gasteiger partial charge in [0.25, 0.3) is 0 Å². The van der Waals surface area contributed by atoms with Gasteiger partial charge >= 0.3 is 110 Å². The van der Waals surface area contributed by atoms with Gasteiger partial charge in [-0.2, -0.15) is 0 Å². The van der Waals surface area contributed by atoms with Crippen LogP contribution in [-0.2, 0) is 0 Å². The fourth-order valence-electron chi connectivity index (χ4n) is 1.44. The van der Waals surface area contributed by atoms with Gasteiger partial charge < -0.3 is 0 Å². The van der Waals surface area contributed by atoms with Gasteiger partial charge in [-0.05, 0) is 0 Å². The van der Waals surface area contributed by atoms with Crippen molar-refractivity contribution in [2.75, 3.05) is 0 Å². The normalized spacial score (nSPS) is 10.6. The van der Waals surface area contributed by atoms with E-state index in [1.165, 1.54) is 10.6 Å². The molecule has 0 saturated carbocycles. The minimum atomic E-state index is -0.0607. The fraction of sp³-hybridized carbons (Fsp3) is 0.0769. The quantitative estimate of drug-likeness (QED) is 0.582. The zero-order valence-electron chi connectivity index (χ0n) is 9.04. The van der Waals surface area contributed by atoms with Crippen molar-refractivity contribution in [3.05, 3.63) is 60.7 Å². The molecule has 0 N–H and O–H groups in total. The van der Waals surface area contributed by atoms with Gasteiger partial charge in [0.1, 0.15) is 0 Å². The third kappa shape index (κ3) is 3.20. The van der Waals surface area contributed by atoms with Crippen molar-refractivity contribution < 1.29 is 0 Å². The SMILES string of the molecule is C[Se][Se]P(c1ccccc1)c1ccccc1. The average Bonchev–Trinajstić information content (AvgIpc) is 2.38. The van der Waals surface area contributed by atoms with Gasteiger partial charge in [0.2, 0.25) is 0 Å².